The molecule has 0 aliphatic rings. The van der Waals surface area contributed by atoms with Gasteiger partial charge in [0.05, 0.1) is 22.4 Å². The zero-order valence-electron chi connectivity index (χ0n) is 12.8. The minimum atomic E-state index is 0.912. The van der Waals surface area contributed by atoms with Crippen LogP contribution in [0, 0.1) is 6.92 Å². The van der Waals surface area contributed by atoms with Crippen molar-refractivity contribution in [2.45, 2.75) is 20.8 Å². The van der Waals surface area contributed by atoms with Crippen LogP contribution in [0.25, 0.3) is 28.4 Å². The van der Waals surface area contributed by atoms with Gasteiger partial charge in [0.2, 0.25) is 0 Å². The third-order valence-corrected chi connectivity index (χ3v) is 3.15. The first-order chi connectivity index (χ1) is 10.3. The topological polar surface area (TPSA) is 25.8 Å². The Kier molecular flexibility index (Phi) is 4.83. The van der Waals surface area contributed by atoms with Crippen LogP contribution in [0.2, 0.25) is 0 Å². The molecule has 0 saturated carbocycles. The van der Waals surface area contributed by atoms with Crippen LogP contribution in [0.5, 0.6) is 0 Å². The van der Waals surface area contributed by atoms with Crippen LogP contribution in [0.3, 0.4) is 0 Å². The van der Waals surface area contributed by atoms with E-state index in [1.54, 1.807) is 0 Å². The quantitative estimate of drug-likeness (QED) is 0.637. The standard InChI is InChI=1S/C17H14N2.C2H6/c1-3-13-9-10-15-16(11-13)18-12(2)17(19-15)14-7-5-4-6-8-14;1-2/h3-11H,1H2,2H3;1-2H3. The lowest BCUT2D eigenvalue weighted by Gasteiger charge is -2.07. The highest BCUT2D eigenvalue weighted by molar-refractivity contribution is 5.80. The zero-order chi connectivity index (χ0) is 15.2. The summed E-state index contributed by atoms with van der Waals surface area (Å²) >= 11 is 0. The Morgan fingerprint density at radius 1 is 0.905 bits per heavy atom. The van der Waals surface area contributed by atoms with Crippen LogP contribution in [0.1, 0.15) is 25.1 Å². The number of fused-ring (bicyclic) bond motifs is 1. The smallest absolute Gasteiger partial charge is 0.0922 e. The second-order valence-electron chi connectivity index (χ2n) is 4.48. The van der Waals surface area contributed by atoms with Gasteiger partial charge >= 0.3 is 0 Å². The molecule has 0 unspecified atom stereocenters. The fourth-order valence-corrected chi connectivity index (χ4v) is 2.16. The third-order valence-electron chi connectivity index (χ3n) is 3.15. The van der Waals surface area contributed by atoms with Crippen molar-refractivity contribution in [3.05, 3.63) is 66.4 Å². The predicted octanol–water partition coefficient (Wildman–Crippen LogP) is 5.27. The summed E-state index contributed by atoms with van der Waals surface area (Å²) in [5.41, 5.74) is 5.87. The molecule has 21 heavy (non-hydrogen) atoms. The van der Waals surface area contributed by atoms with Gasteiger partial charge in [-0.15, -0.1) is 0 Å². The maximum Gasteiger partial charge on any atom is 0.0922 e. The summed E-state index contributed by atoms with van der Waals surface area (Å²) in [6.07, 6.45) is 1.82. The van der Waals surface area contributed by atoms with Crippen LogP contribution in [-0.4, -0.2) is 9.97 Å². The molecule has 0 saturated heterocycles. The molecular formula is C19H20N2. The summed E-state index contributed by atoms with van der Waals surface area (Å²) in [6, 6.07) is 16.2. The van der Waals surface area contributed by atoms with Crippen LogP contribution >= 0.6 is 0 Å². The van der Waals surface area contributed by atoms with E-state index in [4.69, 9.17) is 4.98 Å². The van der Waals surface area contributed by atoms with Gasteiger partial charge in [0.1, 0.15) is 0 Å². The molecule has 0 atom stereocenters. The summed E-state index contributed by atoms with van der Waals surface area (Å²) in [6.45, 7) is 9.77. The van der Waals surface area contributed by atoms with Gasteiger partial charge in [-0.2, -0.15) is 0 Å². The second-order valence-corrected chi connectivity index (χ2v) is 4.48. The van der Waals surface area contributed by atoms with Gasteiger partial charge in [-0.25, -0.2) is 9.97 Å². The van der Waals surface area contributed by atoms with Crippen molar-refractivity contribution in [2.24, 2.45) is 0 Å². The van der Waals surface area contributed by atoms with Gasteiger partial charge < -0.3 is 0 Å². The molecule has 106 valence electrons. The molecule has 1 heterocycles. The highest BCUT2D eigenvalue weighted by Crippen LogP contribution is 2.23. The van der Waals surface area contributed by atoms with Crippen LogP contribution < -0.4 is 0 Å². The zero-order valence-corrected chi connectivity index (χ0v) is 12.8. The number of hydrogen-bond acceptors (Lipinski definition) is 2. The van der Waals surface area contributed by atoms with Gasteiger partial charge in [0.25, 0.3) is 0 Å². The molecule has 0 bridgehead atoms. The third kappa shape index (κ3) is 3.16. The first-order valence-corrected chi connectivity index (χ1v) is 7.24. The molecule has 2 nitrogen and oxygen atoms in total. The van der Waals surface area contributed by atoms with Crippen LogP contribution in [0.4, 0.5) is 0 Å². The first-order valence-electron chi connectivity index (χ1n) is 7.24. The normalized spacial score (nSPS) is 9.86. The summed E-state index contributed by atoms with van der Waals surface area (Å²) in [5, 5.41) is 0. The average Bonchev–Trinajstić information content (AvgIpc) is 2.56. The molecular weight excluding hydrogens is 256 g/mol. The van der Waals surface area contributed by atoms with E-state index in [1.165, 1.54) is 0 Å². The van der Waals surface area contributed by atoms with Crippen molar-refractivity contribution in [3.8, 4) is 11.3 Å². The maximum absolute atomic E-state index is 4.72. The molecule has 3 aromatic rings. The number of aromatic nitrogens is 2. The number of rotatable bonds is 2. The SMILES string of the molecule is C=Cc1ccc2nc(-c3ccccc3)c(C)nc2c1.CC. The summed E-state index contributed by atoms with van der Waals surface area (Å²) in [5.74, 6) is 0. The second kappa shape index (κ2) is 6.80. The van der Waals surface area contributed by atoms with Gasteiger partial charge in [0.15, 0.2) is 0 Å². The van der Waals surface area contributed by atoms with E-state index in [0.29, 0.717) is 0 Å². The van der Waals surface area contributed by atoms with E-state index in [9.17, 15) is 0 Å². The lowest BCUT2D eigenvalue weighted by atomic mass is 10.1. The molecule has 0 aliphatic carbocycles. The fourth-order valence-electron chi connectivity index (χ4n) is 2.16. The van der Waals surface area contributed by atoms with Gasteiger partial charge in [-0.1, -0.05) is 62.9 Å². The summed E-state index contributed by atoms with van der Waals surface area (Å²) < 4.78 is 0. The molecule has 0 spiro atoms. The Morgan fingerprint density at radius 3 is 2.29 bits per heavy atom. The Bertz CT molecular complexity index is 746. The lowest BCUT2D eigenvalue weighted by molar-refractivity contribution is 1.19. The first kappa shape index (κ1) is 14.9. The van der Waals surface area contributed by atoms with E-state index in [-0.39, 0.29) is 0 Å². The molecule has 2 heteroatoms. The monoisotopic (exact) mass is 276 g/mol. The van der Waals surface area contributed by atoms with E-state index in [1.807, 2.05) is 63.2 Å². The maximum atomic E-state index is 4.72. The van der Waals surface area contributed by atoms with Gasteiger partial charge in [-0.3, -0.25) is 0 Å². The van der Waals surface area contributed by atoms with Gasteiger partial charge in [-0.05, 0) is 24.6 Å². The molecule has 0 aliphatic heterocycles. The highest BCUT2D eigenvalue weighted by Gasteiger charge is 2.07. The number of hydrogen-bond donors (Lipinski definition) is 0. The number of benzene rings is 2. The average molecular weight is 276 g/mol. The van der Waals surface area contributed by atoms with Crippen molar-refractivity contribution >= 4 is 17.1 Å². The fraction of sp³-hybridized carbons (Fsp3) is 0.158. The Hall–Kier alpha value is -2.48. The van der Waals surface area contributed by atoms with Crippen molar-refractivity contribution in [2.75, 3.05) is 0 Å². The molecule has 0 radical (unpaired) electrons. The predicted molar refractivity (Wildman–Crippen MR) is 91.2 cm³/mol. The minimum Gasteiger partial charge on any atom is -0.249 e. The molecule has 3 rings (SSSR count). The molecule has 0 fully saturated rings. The number of aryl methyl sites for hydroxylation is 1. The minimum absolute atomic E-state index is 0.912. The number of nitrogens with zero attached hydrogens (tertiary/aromatic N) is 2. The Balaban J connectivity index is 0.000000774. The van der Waals surface area contributed by atoms with Crippen molar-refractivity contribution in [1.82, 2.24) is 9.97 Å². The molecule has 2 aromatic carbocycles. The van der Waals surface area contributed by atoms with Crippen LogP contribution in [-0.2, 0) is 0 Å². The van der Waals surface area contributed by atoms with E-state index < -0.39 is 0 Å². The van der Waals surface area contributed by atoms with Crippen molar-refractivity contribution in [3.63, 3.8) is 0 Å². The van der Waals surface area contributed by atoms with Gasteiger partial charge in [0, 0.05) is 5.56 Å². The van der Waals surface area contributed by atoms with Crippen LogP contribution in [0.15, 0.2) is 55.1 Å². The van der Waals surface area contributed by atoms with Crippen molar-refractivity contribution in [1.29, 1.82) is 0 Å². The lowest BCUT2D eigenvalue weighted by Crippen LogP contribution is -1.94. The Labute approximate surface area is 126 Å². The van der Waals surface area contributed by atoms with Crippen molar-refractivity contribution < 1.29 is 0 Å². The summed E-state index contributed by atoms with van der Waals surface area (Å²) in [4.78, 5) is 9.37. The van der Waals surface area contributed by atoms with E-state index in [2.05, 4.69) is 23.7 Å². The molecule has 0 N–H and O–H groups in total. The van der Waals surface area contributed by atoms with E-state index >= 15 is 0 Å². The summed E-state index contributed by atoms with van der Waals surface area (Å²) in [7, 11) is 0. The molecule has 0 amide bonds. The van der Waals surface area contributed by atoms with E-state index in [0.717, 1.165) is 33.5 Å². The molecule has 1 aromatic heterocycles. The Morgan fingerprint density at radius 2 is 1.62 bits per heavy atom. The largest absolute Gasteiger partial charge is 0.249 e. The highest BCUT2D eigenvalue weighted by atomic mass is 14.8.